The highest BCUT2D eigenvalue weighted by Crippen LogP contribution is 2.33. The minimum Gasteiger partial charge on any atom is -0.493 e. The first-order valence-electron chi connectivity index (χ1n) is 9.61. The van der Waals surface area contributed by atoms with Crippen molar-refractivity contribution in [2.75, 3.05) is 19.5 Å². The van der Waals surface area contributed by atoms with Crippen LogP contribution in [0.5, 0.6) is 11.5 Å². The molecule has 9 heteroatoms. The van der Waals surface area contributed by atoms with Gasteiger partial charge < -0.3 is 20.5 Å². The predicted octanol–water partition coefficient (Wildman–Crippen LogP) is 3.25. The molecule has 0 aliphatic heterocycles. The van der Waals surface area contributed by atoms with Gasteiger partial charge in [0.25, 0.3) is 5.91 Å². The van der Waals surface area contributed by atoms with Crippen LogP contribution < -0.4 is 20.5 Å². The van der Waals surface area contributed by atoms with E-state index in [-0.39, 0.29) is 18.6 Å². The fourth-order valence-electron chi connectivity index (χ4n) is 3.30. The van der Waals surface area contributed by atoms with Crippen molar-refractivity contribution < 1.29 is 14.3 Å². The number of hydrogen-bond acceptors (Lipinski definition) is 6. The number of halogens is 1. The van der Waals surface area contributed by atoms with Crippen LogP contribution in [0.25, 0.3) is 0 Å². The Morgan fingerprint density at radius 2 is 2.14 bits per heavy atom. The third-order valence-corrected chi connectivity index (χ3v) is 5.45. The normalized spacial score (nSPS) is 14.9. The van der Waals surface area contributed by atoms with E-state index >= 15 is 0 Å². The van der Waals surface area contributed by atoms with Crippen molar-refractivity contribution in [3.05, 3.63) is 34.1 Å². The number of nitrogen functional groups attached to an aromatic ring is 1. The Morgan fingerprint density at radius 3 is 2.79 bits per heavy atom. The molecule has 2 aromatic rings. The molecular weight excluding hydrogens is 438 g/mol. The number of carbonyl (C=O) groups is 1. The van der Waals surface area contributed by atoms with Gasteiger partial charge in [-0.1, -0.05) is 19.3 Å². The molecule has 3 rings (SSSR count). The molecule has 1 amide bonds. The minimum absolute atomic E-state index is 0.0580. The summed E-state index contributed by atoms with van der Waals surface area (Å²) >= 11 is 3.51. The van der Waals surface area contributed by atoms with Crippen molar-refractivity contribution >= 4 is 34.0 Å². The number of rotatable bonds is 7. The van der Waals surface area contributed by atoms with Gasteiger partial charge in [0.05, 0.1) is 25.2 Å². The quantitative estimate of drug-likeness (QED) is 0.613. The SMILES string of the molecule is COc1cc(C=Nn2cc(C)nc2N)c(Br)cc1OCC(=O)NC1CCCCC1. The second kappa shape index (κ2) is 9.78. The summed E-state index contributed by atoms with van der Waals surface area (Å²) in [5.41, 5.74) is 7.36. The molecule has 8 nitrogen and oxygen atoms in total. The zero-order valence-corrected chi connectivity index (χ0v) is 18.2. The average Bonchev–Trinajstić information content (AvgIpc) is 3.03. The van der Waals surface area contributed by atoms with Crippen LogP contribution in [0.4, 0.5) is 5.95 Å². The number of hydrogen-bond donors (Lipinski definition) is 2. The second-order valence-electron chi connectivity index (χ2n) is 7.05. The Morgan fingerprint density at radius 1 is 1.38 bits per heavy atom. The van der Waals surface area contributed by atoms with Crippen LogP contribution in [-0.2, 0) is 4.79 Å². The van der Waals surface area contributed by atoms with E-state index in [1.165, 1.54) is 23.9 Å². The number of amides is 1. The lowest BCUT2D eigenvalue weighted by Gasteiger charge is -2.22. The highest BCUT2D eigenvalue weighted by Gasteiger charge is 2.17. The Kier molecular flexibility index (Phi) is 7.13. The van der Waals surface area contributed by atoms with Gasteiger partial charge in [-0.05, 0) is 47.8 Å². The third-order valence-electron chi connectivity index (χ3n) is 4.77. The maximum atomic E-state index is 12.2. The molecule has 0 bridgehead atoms. The zero-order valence-electron chi connectivity index (χ0n) is 16.7. The van der Waals surface area contributed by atoms with E-state index in [2.05, 4.69) is 31.3 Å². The smallest absolute Gasteiger partial charge is 0.258 e. The summed E-state index contributed by atoms with van der Waals surface area (Å²) in [5, 5.41) is 7.36. The van der Waals surface area contributed by atoms with Crippen molar-refractivity contribution in [2.24, 2.45) is 5.10 Å². The number of ether oxygens (including phenoxy) is 2. The van der Waals surface area contributed by atoms with Crippen LogP contribution >= 0.6 is 15.9 Å². The van der Waals surface area contributed by atoms with Gasteiger partial charge in [-0.2, -0.15) is 5.10 Å². The Bertz CT molecular complexity index is 890. The van der Waals surface area contributed by atoms with Crippen LogP contribution in [0.15, 0.2) is 27.9 Å². The molecule has 1 saturated carbocycles. The van der Waals surface area contributed by atoms with Gasteiger partial charge in [-0.15, -0.1) is 0 Å². The zero-order chi connectivity index (χ0) is 20.8. The van der Waals surface area contributed by atoms with Gasteiger partial charge in [0.15, 0.2) is 18.1 Å². The van der Waals surface area contributed by atoms with Gasteiger partial charge in [0.1, 0.15) is 0 Å². The monoisotopic (exact) mass is 463 g/mol. The van der Waals surface area contributed by atoms with E-state index in [1.54, 1.807) is 31.7 Å². The largest absolute Gasteiger partial charge is 0.493 e. The molecule has 156 valence electrons. The molecular formula is C20H26BrN5O3. The van der Waals surface area contributed by atoms with Crippen LogP contribution in [0, 0.1) is 6.92 Å². The summed E-state index contributed by atoms with van der Waals surface area (Å²) in [5.74, 6) is 1.18. The molecule has 1 aliphatic carbocycles. The number of aromatic nitrogens is 2. The summed E-state index contributed by atoms with van der Waals surface area (Å²) in [7, 11) is 1.55. The van der Waals surface area contributed by atoms with Crippen LogP contribution in [-0.4, -0.2) is 41.5 Å². The lowest BCUT2D eigenvalue weighted by Crippen LogP contribution is -2.39. The Labute approximate surface area is 178 Å². The fraction of sp³-hybridized carbons (Fsp3) is 0.450. The lowest BCUT2D eigenvalue weighted by atomic mass is 9.95. The number of anilines is 1. The first kappa shape index (κ1) is 21.2. The van der Waals surface area contributed by atoms with Gasteiger partial charge in [0.2, 0.25) is 5.95 Å². The highest BCUT2D eigenvalue weighted by atomic mass is 79.9. The van der Waals surface area contributed by atoms with E-state index in [4.69, 9.17) is 15.2 Å². The van der Waals surface area contributed by atoms with E-state index in [0.29, 0.717) is 17.4 Å². The van der Waals surface area contributed by atoms with E-state index in [1.807, 2.05) is 6.92 Å². The first-order valence-corrected chi connectivity index (χ1v) is 10.4. The molecule has 0 atom stereocenters. The van der Waals surface area contributed by atoms with E-state index < -0.39 is 0 Å². The number of benzene rings is 1. The van der Waals surface area contributed by atoms with Crippen molar-refractivity contribution in [3.8, 4) is 11.5 Å². The summed E-state index contributed by atoms with van der Waals surface area (Å²) < 4.78 is 13.4. The number of methoxy groups -OCH3 is 1. The number of nitrogens with one attached hydrogen (secondary N) is 1. The maximum Gasteiger partial charge on any atom is 0.258 e. The first-order chi connectivity index (χ1) is 14.0. The highest BCUT2D eigenvalue weighted by molar-refractivity contribution is 9.10. The molecule has 1 fully saturated rings. The Balaban J connectivity index is 1.66. The number of nitrogens with two attached hydrogens (primary N) is 1. The molecule has 0 spiro atoms. The number of imidazole rings is 1. The third kappa shape index (κ3) is 5.72. The minimum atomic E-state index is -0.119. The topological polar surface area (TPSA) is 104 Å². The summed E-state index contributed by atoms with van der Waals surface area (Å²) in [6, 6.07) is 3.80. The van der Waals surface area contributed by atoms with Crippen molar-refractivity contribution in [1.82, 2.24) is 15.0 Å². The van der Waals surface area contributed by atoms with E-state index in [9.17, 15) is 4.79 Å². The van der Waals surface area contributed by atoms with Crippen molar-refractivity contribution in [3.63, 3.8) is 0 Å². The average molecular weight is 464 g/mol. The molecule has 0 saturated heterocycles. The van der Waals surface area contributed by atoms with Crippen molar-refractivity contribution in [1.29, 1.82) is 0 Å². The number of nitrogens with zero attached hydrogens (tertiary/aromatic N) is 3. The van der Waals surface area contributed by atoms with E-state index in [0.717, 1.165) is 28.6 Å². The molecule has 0 unspecified atom stereocenters. The summed E-state index contributed by atoms with van der Waals surface area (Å²) in [6.45, 7) is 1.79. The molecule has 0 radical (unpaired) electrons. The Hall–Kier alpha value is -2.55. The standard InChI is InChI=1S/C20H26BrN5O3/c1-13-11-26(20(22)24-13)23-10-14-8-17(28-2)18(9-16(14)21)29-12-19(27)25-15-6-4-3-5-7-15/h8-11,15H,3-7,12H2,1-2H3,(H2,22,24)(H,25,27). The summed E-state index contributed by atoms with van der Waals surface area (Å²) in [6.07, 6.45) is 9.03. The fourth-order valence-corrected chi connectivity index (χ4v) is 3.73. The molecule has 3 N–H and O–H groups in total. The maximum absolute atomic E-state index is 12.2. The number of carbonyl (C=O) groups excluding carboxylic acids is 1. The molecule has 1 aliphatic rings. The molecule has 1 aromatic carbocycles. The lowest BCUT2D eigenvalue weighted by molar-refractivity contribution is -0.124. The molecule has 1 heterocycles. The van der Waals surface area contributed by atoms with Crippen LogP contribution in [0.1, 0.15) is 43.4 Å². The van der Waals surface area contributed by atoms with Crippen molar-refractivity contribution in [2.45, 2.75) is 45.1 Å². The van der Waals surface area contributed by atoms with Crippen LogP contribution in [0.3, 0.4) is 0 Å². The van der Waals surface area contributed by atoms with Crippen LogP contribution in [0.2, 0.25) is 0 Å². The van der Waals surface area contributed by atoms with Gasteiger partial charge >= 0.3 is 0 Å². The molecule has 1 aromatic heterocycles. The van der Waals surface area contributed by atoms with Gasteiger partial charge in [0, 0.05) is 16.1 Å². The summed E-state index contributed by atoms with van der Waals surface area (Å²) in [4.78, 5) is 16.3. The van der Waals surface area contributed by atoms with Gasteiger partial charge in [-0.25, -0.2) is 9.66 Å². The molecule has 29 heavy (non-hydrogen) atoms. The second-order valence-corrected chi connectivity index (χ2v) is 7.90. The predicted molar refractivity (Wildman–Crippen MR) is 116 cm³/mol. The number of aryl methyl sites for hydroxylation is 1. The van der Waals surface area contributed by atoms with Gasteiger partial charge in [-0.3, -0.25) is 4.79 Å².